The van der Waals surface area contributed by atoms with Crippen LogP contribution in [0.15, 0.2) is 71.7 Å². The number of phenols is 1. The first kappa shape index (κ1) is 31.9. The van der Waals surface area contributed by atoms with Crippen LogP contribution in [0.2, 0.25) is 0 Å². The van der Waals surface area contributed by atoms with E-state index in [1.165, 1.54) is 20.3 Å². The zero-order valence-corrected chi connectivity index (χ0v) is 24.1. The number of carbonyl (C=O) groups excluding carboxylic acids is 5. The van der Waals surface area contributed by atoms with Crippen molar-refractivity contribution in [3.05, 3.63) is 83.4 Å². The largest absolute Gasteiger partial charge is 0.504 e. The molecule has 3 aromatic carbocycles. The van der Waals surface area contributed by atoms with Crippen molar-refractivity contribution in [1.82, 2.24) is 10.6 Å². The number of nitrogens with zero attached hydrogens (tertiary/aromatic N) is 2. The molecule has 14 heteroatoms. The highest BCUT2D eigenvalue weighted by atomic mass is 16.5. The van der Waals surface area contributed by atoms with Crippen LogP contribution in [0, 0.1) is 0 Å². The topological polar surface area (TPSA) is 201 Å². The number of phenolic OH excluding ortho intramolecular Hbond substituents is 1. The predicted molar refractivity (Wildman–Crippen MR) is 159 cm³/mol. The number of benzodiazepines with no additional fused rings is 1. The van der Waals surface area contributed by atoms with E-state index in [1.807, 2.05) is 0 Å². The first-order valence-corrected chi connectivity index (χ1v) is 13.4. The number of amides is 3. The fourth-order valence-corrected chi connectivity index (χ4v) is 4.63. The summed E-state index contributed by atoms with van der Waals surface area (Å²) in [5.41, 5.74) is 1.20. The Bertz CT molecular complexity index is 1690. The minimum absolute atomic E-state index is 0.0206. The van der Waals surface area contributed by atoms with Crippen LogP contribution in [0.4, 0.5) is 5.69 Å². The molecule has 0 saturated carbocycles. The zero-order valence-electron chi connectivity index (χ0n) is 24.1. The maximum Gasteiger partial charge on any atom is 0.305 e. The molecule has 0 fully saturated rings. The van der Waals surface area contributed by atoms with Crippen molar-refractivity contribution >= 4 is 47.2 Å². The average Bonchev–Trinajstić information content (AvgIpc) is 3.14. The third-order valence-corrected chi connectivity index (χ3v) is 6.66. The van der Waals surface area contributed by atoms with Crippen LogP contribution in [0.5, 0.6) is 17.2 Å². The second-order valence-corrected chi connectivity index (χ2v) is 9.63. The van der Waals surface area contributed by atoms with Crippen molar-refractivity contribution in [1.29, 1.82) is 0 Å². The Morgan fingerprint density at radius 1 is 1.02 bits per heavy atom. The molecule has 0 aliphatic carbocycles. The standard InChI is InChI=1S/C31H28N4O10/c1-44-23-13-18(12-22(37)28(23)45-2)27(41)30(42)34-29-31(43)35(15-24(38)32-19(16-36)14-25(39)40)21-11-7-6-10-20(21)26(33-29)17-8-4-3-5-9-17/h3-13,16,19,29,37H,14-15H2,1-2H3,(H,32,38)(H,34,42)(H,39,40)/t19-,29?/m0/s1. The van der Waals surface area contributed by atoms with Crippen LogP contribution in [0.25, 0.3) is 0 Å². The summed E-state index contributed by atoms with van der Waals surface area (Å²) in [7, 11) is 2.55. The number of hydrogen-bond donors (Lipinski definition) is 4. The number of ketones is 1. The van der Waals surface area contributed by atoms with E-state index in [4.69, 9.17) is 14.6 Å². The van der Waals surface area contributed by atoms with Gasteiger partial charge in [-0.05, 0) is 18.2 Å². The van der Waals surface area contributed by atoms with Gasteiger partial charge in [-0.1, -0.05) is 48.5 Å². The lowest BCUT2D eigenvalue weighted by atomic mass is 10.0. The number of aldehydes is 1. The molecule has 14 nitrogen and oxygen atoms in total. The molecule has 45 heavy (non-hydrogen) atoms. The number of carboxylic acid groups (broad SMARTS) is 1. The summed E-state index contributed by atoms with van der Waals surface area (Å²) in [6.07, 6.45) is -2.12. The van der Waals surface area contributed by atoms with E-state index in [9.17, 15) is 33.9 Å². The molecule has 0 radical (unpaired) electrons. The fraction of sp³-hybridized carbons (Fsp3) is 0.194. The number of hydrogen-bond acceptors (Lipinski definition) is 10. The summed E-state index contributed by atoms with van der Waals surface area (Å²) in [4.78, 5) is 81.3. The van der Waals surface area contributed by atoms with Gasteiger partial charge in [0.25, 0.3) is 17.6 Å². The van der Waals surface area contributed by atoms with E-state index in [0.29, 0.717) is 11.1 Å². The van der Waals surface area contributed by atoms with Gasteiger partial charge in [-0.2, -0.15) is 0 Å². The van der Waals surface area contributed by atoms with Gasteiger partial charge in [-0.25, -0.2) is 4.99 Å². The number of benzene rings is 3. The second-order valence-electron chi connectivity index (χ2n) is 9.63. The molecule has 0 saturated heterocycles. The molecule has 4 rings (SSSR count). The van der Waals surface area contributed by atoms with Crippen LogP contribution in [0.1, 0.15) is 27.9 Å². The second kappa shape index (κ2) is 13.9. The van der Waals surface area contributed by atoms with Crippen LogP contribution in [0.3, 0.4) is 0 Å². The Morgan fingerprint density at radius 2 is 1.71 bits per heavy atom. The summed E-state index contributed by atoms with van der Waals surface area (Å²) in [5, 5.41) is 23.9. The van der Waals surface area contributed by atoms with Gasteiger partial charge in [0.05, 0.1) is 38.1 Å². The summed E-state index contributed by atoms with van der Waals surface area (Å²) in [6.45, 7) is -0.679. The molecule has 1 heterocycles. The quantitative estimate of drug-likeness (QED) is 0.130. The monoisotopic (exact) mass is 616 g/mol. The van der Waals surface area contributed by atoms with Gasteiger partial charge in [0.15, 0.2) is 11.5 Å². The molecule has 0 bridgehead atoms. The number of aliphatic imine (C=N–C) groups is 1. The Labute approximate surface area is 256 Å². The van der Waals surface area contributed by atoms with Crippen LogP contribution >= 0.6 is 0 Å². The van der Waals surface area contributed by atoms with Gasteiger partial charge >= 0.3 is 5.97 Å². The number of methoxy groups -OCH3 is 2. The molecule has 1 aliphatic rings. The van der Waals surface area contributed by atoms with Gasteiger partial charge in [0, 0.05) is 16.7 Å². The number of nitrogens with one attached hydrogen (secondary N) is 2. The van der Waals surface area contributed by atoms with Crippen molar-refractivity contribution in [3.63, 3.8) is 0 Å². The van der Waals surface area contributed by atoms with E-state index in [2.05, 4.69) is 15.6 Å². The number of Topliss-reactive ketones (excluding diaryl/α,β-unsaturated/α-hetero) is 1. The molecule has 2 atom stereocenters. The first-order valence-electron chi connectivity index (χ1n) is 13.4. The smallest absolute Gasteiger partial charge is 0.305 e. The molecule has 4 N–H and O–H groups in total. The molecule has 1 aliphatic heterocycles. The lowest BCUT2D eigenvalue weighted by molar-refractivity contribution is -0.138. The molecule has 3 aromatic rings. The van der Waals surface area contributed by atoms with Gasteiger partial charge in [0.1, 0.15) is 12.8 Å². The molecule has 1 unspecified atom stereocenters. The number of carbonyl (C=O) groups is 6. The fourth-order valence-electron chi connectivity index (χ4n) is 4.63. The third kappa shape index (κ3) is 7.13. The van der Waals surface area contributed by atoms with E-state index in [1.54, 1.807) is 54.6 Å². The van der Waals surface area contributed by atoms with Gasteiger partial charge < -0.3 is 35.1 Å². The van der Waals surface area contributed by atoms with E-state index < -0.39 is 60.4 Å². The number of carboxylic acids is 1. The van der Waals surface area contributed by atoms with Crippen molar-refractivity contribution in [3.8, 4) is 17.2 Å². The molecular weight excluding hydrogens is 588 g/mol. The Morgan fingerprint density at radius 3 is 2.36 bits per heavy atom. The van der Waals surface area contributed by atoms with Crippen LogP contribution in [-0.2, 0) is 24.0 Å². The normalized spacial score (nSPS) is 14.6. The zero-order chi connectivity index (χ0) is 32.7. The maximum atomic E-state index is 14.0. The number of ether oxygens (including phenoxy) is 2. The van der Waals surface area contributed by atoms with E-state index in [-0.39, 0.29) is 34.7 Å². The predicted octanol–water partition coefficient (Wildman–Crippen LogP) is 1.08. The number of fused-ring (bicyclic) bond motifs is 1. The summed E-state index contributed by atoms with van der Waals surface area (Å²) >= 11 is 0. The molecule has 0 spiro atoms. The van der Waals surface area contributed by atoms with Crippen molar-refractivity contribution in [2.75, 3.05) is 25.7 Å². The summed E-state index contributed by atoms with van der Waals surface area (Å²) in [6, 6.07) is 16.0. The lowest BCUT2D eigenvalue weighted by Crippen LogP contribution is -2.52. The number of aliphatic carboxylic acids is 1. The van der Waals surface area contributed by atoms with E-state index >= 15 is 0 Å². The number of aromatic hydroxyl groups is 1. The number of anilines is 1. The van der Waals surface area contributed by atoms with Gasteiger partial charge in [-0.15, -0.1) is 0 Å². The van der Waals surface area contributed by atoms with Crippen molar-refractivity contribution < 1.29 is 48.5 Å². The average molecular weight is 617 g/mol. The highest BCUT2D eigenvalue weighted by molar-refractivity contribution is 6.43. The SMILES string of the molecule is COc1cc(C(=O)C(=O)NC2N=C(c3ccccc3)c3ccccc3N(CC(=O)N[C@H](C=O)CC(=O)O)C2=O)cc(O)c1OC. The Kier molecular flexibility index (Phi) is 9.88. The Hall–Kier alpha value is -6.05. The van der Waals surface area contributed by atoms with E-state index in [0.717, 1.165) is 11.0 Å². The highest BCUT2D eigenvalue weighted by Crippen LogP contribution is 2.37. The summed E-state index contributed by atoms with van der Waals surface area (Å²) in [5.74, 6) is -6.02. The number of para-hydroxylation sites is 1. The van der Waals surface area contributed by atoms with Crippen LogP contribution in [-0.4, -0.2) is 84.7 Å². The first-order chi connectivity index (χ1) is 21.6. The maximum absolute atomic E-state index is 14.0. The van der Waals surface area contributed by atoms with Crippen molar-refractivity contribution in [2.24, 2.45) is 4.99 Å². The van der Waals surface area contributed by atoms with Gasteiger partial charge in [0.2, 0.25) is 17.8 Å². The van der Waals surface area contributed by atoms with Gasteiger partial charge in [-0.3, -0.25) is 28.9 Å². The molecular formula is C31H28N4O10. The molecule has 232 valence electrons. The highest BCUT2D eigenvalue weighted by Gasteiger charge is 2.36. The molecule has 3 amide bonds. The van der Waals surface area contributed by atoms with Crippen molar-refractivity contribution in [2.45, 2.75) is 18.6 Å². The summed E-state index contributed by atoms with van der Waals surface area (Å²) < 4.78 is 10.2. The lowest BCUT2D eigenvalue weighted by Gasteiger charge is -2.25. The minimum atomic E-state index is -1.72. The van der Waals surface area contributed by atoms with Crippen LogP contribution < -0.4 is 25.0 Å². The minimum Gasteiger partial charge on any atom is -0.504 e. The molecule has 0 aromatic heterocycles. The third-order valence-electron chi connectivity index (χ3n) is 6.66. The number of rotatable bonds is 12. The Balaban J connectivity index is 1.73.